The van der Waals surface area contributed by atoms with E-state index in [2.05, 4.69) is 10.3 Å². The minimum atomic E-state index is -0.117. The zero-order valence-electron chi connectivity index (χ0n) is 8.59. The van der Waals surface area contributed by atoms with Gasteiger partial charge in [-0.25, -0.2) is 0 Å². The highest BCUT2D eigenvalue weighted by Crippen LogP contribution is 2.38. The molecule has 1 saturated carbocycles. The predicted molar refractivity (Wildman–Crippen MR) is 52.3 cm³/mol. The van der Waals surface area contributed by atoms with Gasteiger partial charge in [0, 0.05) is 12.1 Å². The Kier molecular flexibility index (Phi) is 2.03. The van der Waals surface area contributed by atoms with Gasteiger partial charge >= 0.3 is 0 Å². The molecule has 1 aromatic heterocycles. The summed E-state index contributed by atoms with van der Waals surface area (Å²) in [7, 11) is 0. The van der Waals surface area contributed by atoms with Crippen LogP contribution in [0.2, 0.25) is 0 Å². The normalized spacial score (nSPS) is 23.8. The van der Waals surface area contributed by atoms with E-state index in [4.69, 9.17) is 4.74 Å². The lowest BCUT2D eigenvalue weighted by Gasteiger charge is -2.39. The first-order valence-corrected chi connectivity index (χ1v) is 5.40. The van der Waals surface area contributed by atoms with Crippen LogP contribution in [-0.2, 0) is 11.3 Å². The van der Waals surface area contributed by atoms with E-state index in [-0.39, 0.29) is 12.0 Å². The molecule has 5 nitrogen and oxygen atoms in total. The summed E-state index contributed by atoms with van der Waals surface area (Å²) in [5, 5.41) is 17.5. The fourth-order valence-electron chi connectivity index (χ4n) is 1.92. The Labute approximate surface area is 88.0 Å². The molecule has 0 aromatic carbocycles. The third-order valence-corrected chi connectivity index (χ3v) is 3.20. The first-order valence-electron chi connectivity index (χ1n) is 5.40. The summed E-state index contributed by atoms with van der Waals surface area (Å²) in [6, 6.07) is 0. The summed E-state index contributed by atoms with van der Waals surface area (Å²) >= 11 is 0. The molecule has 3 rings (SSSR count). The fraction of sp³-hybridized carbons (Fsp3) is 0.800. The van der Waals surface area contributed by atoms with Crippen LogP contribution in [0.1, 0.15) is 24.5 Å². The number of aliphatic hydroxyl groups is 1. The van der Waals surface area contributed by atoms with Gasteiger partial charge in [0.2, 0.25) is 0 Å². The van der Waals surface area contributed by atoms with E-state index in [0.29, 0.717) is 25.7 Å². The van der Waals surface area contributed by atoms with Crippen LogP contribution in [-0.4, -0.2) is 39.9 Å². The van der Waals surface area contributed by atoms with Gasteiger partial charge < -0.3 is 9.84 Å². The van der Waals surface area contributed by atoms with E-state index in [0.717, 1.165) is 5.69 Å². The molecule has 0 atom stereocenters. The van der Waals surface area contributed by atoms with Gasteiger partial charge in [0.15, 0.2) is 0 Å². The van der Waals surface area contributed by atoms with Gasteiger partial charge in [0.1, 0.15) is 0 Å². The van der Waals surface area contributed by atoms with Crippen molar-refractivity contribution in [3.8, 4) is 0 Å². The topological polar surface area (TPSA) is 60.2 Å². The first-order chi connectivity index (χ1) is 7.31. The second-order valence-electron chi connectivity index (χ2n) is 4.77. The van der Waals surface area contributed by atoms with Crippen molar-refractivity contribution in [3.05, 3.63) is 11.9 Å². The van der Waals surface area contributed by atoms with Crippen molar-refractivity contribution >= 4 is 0 Å². The van der Waals surface area contributed by atoms with Gasteiger partial charge in [-0.1, -0.05) is 5.21 Å². The molecule has 82 valence electrons. The van der Waals surface area contributed by atoms with Gasteiger partial charge in [-0.3, -0.25) is 4.68 Å². The smallest absolute Gasteiger partial charge is 0.0857 e. The third-order valence-electron chi connectivity index (χ3n) is 3.20. The van der Waals surface area contributed by atoms with Crippen LogP contribution < -0.4 is 0 Å². The Bertz CT molecular complexity index is 350. The lowest BCUT2D eigenvalue weighted by Crippen LogP contribution is -2.48. The van der Waals surface area contributed by atoms with Crippen molar-refractivity contribution in [2.45, 2.75) is 25.3 Å². The van der Waals surface area contributed by atoms with Crippen LogP contribution in [0.25, 0.3) is 0 Å². The number of ether oxygens (including phenoxy) is 1. The number of hydrogen-bond donors (Lipinski definition) is 1. The zero-order valence-corrected chi connectivity index (χ0v) is 8.59. The average molecular weight is 209 g/mol. The van der Waals surface area contributed by atoms with E-state index in [1.54, 1.807) is 0 Å². The summed E-state index contributed by atoms with van der Waals surface area (Å²) in [6.07, 6.45) is 4.49. The quantitative estimate of drug-likeness (QED) is 0.767. The maximum absolute atomic E-state index is 9.28. The van der Waals surface area contributed by atoms with Crippen LogP contribution in [0.15, 0.2) is 6.20 Å². The molecule has 5 heteroatoms. The molecule has 1 aromatic rings. The van der Waals surface area contributed by atoms with Crippen LogP contribution in [0, 0.1) is 5.41 Å². The summed E-state index contributed by atoms with van der Waals surface area (Å²) in [4.78, 5) is 0. The number of hydrogen-bond acceptors (Lipinski definition) is 4. The van der Waals surface area contributed by atoms with Crippen LogP contribution in [0.3, 0.4) is 0 Å². The molecule has 0 amide bonds. The average Bonchev–Trinajstić information content (AvgIpc) is 2.94. The van der Waals surface area contributed by atoms with Gasteiger partial charge in [-0.15, -0.1) is 5.10 Å². The van der Waals surface area contributed by atoms with Crippen molar-refractivity contribution in [2.75, 3.05) is 19.8 Å². The molecule has 0 bridgehead atoms. The van der Waals surface area contributed by atoms with Crippen molar-refractivity contribution in [3.63, 3.8) is 0 Å². The second kappa shape index (κ2) is 3.28. The Balaban J connectivity index is 1.70. The summed E-state index contributed by atoms with van der Waals surface area (Å²) in [5.74, 6) is 0.640. The highest BCUT2D eigenvalue weighted by Gasteiger charge is 2.39. The van der Waals surface area contributed by atoms with E-state index < -0.39 is 0 Å². The molecule has 1 N–H and O–H groups in total. The molecule has 1 aliphatic heterocycles. The molecule has 15 heavy (non-hydrogen) atoms. The van der Waals surface area contributed by atoms with Crippen molar-refractivity contribution in [2.24, 2.45) is 5.41 Å². The molecular weight excluding hydrogens is 194 g/mol. The largest absolute Gasteiger partial charge is 0.396 e. The highest BCUT2D eigenvalue weighted by molar-refractivity contribution is 5.09. The minimum Gasteiger partial charge on any atom is -0.396 e. The molecule has 0 radical (unpaired) electrons. The Morgan fingerprint density at radius 3 is 2.87 bits per heavy atom. The van der Waals surface area contributed by atoms with Crippen molar-refractivity contribution in [1.82, 2.24) is 15.0 Å². The molecule has 2 fully saturated rings. The lowest BCUT2D eigenvalue weighted by molar-refractivity contribution is -0.146. The number of aliphatic hydroxyl groups excluding tert-OH is 1. The van der Waals surface area contributed by atoms with E-state index in [1.165, 1.54) is 12.8 Å². The van der Waals surface area contributed by atoms with Crippen LogP contribution in [0.5, 0.6) is 0 Å². The fourth-order valence-corrected chi connectivity index (χ4v) is 1.92. The maximum Gasteiger partial charge on any atom is 0.0857 e. The van der Waals surface area contributed by atoms with Crippen LogP contribution in [0.4, 0.5) is 0 Å². The molecule has 0 unspecified atom stereocenters. The molecule has 1 aliphatic carbocycles. The predicted octanol–water partition coefficient (Wildman–Crippen LogP) is 0.164. The third kappa shape index (κ3) is 1.66. The Hall–Kier alpha value is -0.940. The number of aromatic nitrogens is 3. The lowest BCUT2D eigenvalue weighted by atomic mass is 9.87. The highest BCUT2D eigenvalue weighted by atomic mass is 16.5. The standard InChI is InChI=1S/C10H15N3O2/c14-5-10(6-15-7-10)4-13-3-9(11-12-13)8-1-2-8/h3,8,14H,1-2,4-7H2. The van der Waals surface area contributed by atoms with E-state index >= 15 is 0 Å². The Morgan fingerprint density at radius 2 is 2.33 bits per heavy atom. The van der Waals surface area contributed by atoms with Gasteiger partial charge in [-0.05, 0) is 12.8 Å². The van der Waals surface area contributed by atoms with Gasteiger partial charge in [0.25, 0.3) is 0 Å². The molecule has 1 saturated heterocycles. The van der Waals surface area contributed by atoms with Crippen molar-refractivity contribution in [1.29, 1.82) is 0 Å². The molecule has 0 spiro atoms. The SMILES string of the molecule is OCC1(Cn2cc(C3CC3)nn2)COC1. The Morgan fingerprint density at radius 1 is 1.53 bits per heavy atom. The van der Waals surface area contributed by atoms with Gasteiger partial charge in [-0.2, -0.15) is 0 Å². The first kappa shape index (κ1) is 9.30. The zero-order chi connectivity index (χ0) is 10.3. The number of rotatable bonds is 4. The molecule has 2 heterocycles. The van der Waals surface area contributed by atoms with Crippen molar-refractivity contribution < 1.29 is 9.84 Å². The minimum absolute atomic E-state index is 0.117. The summed E-state index contributed by atoms with van der Waals surface area (Å²) < 4.78 is 6.99. The molecular formula is C10H15N3O2. The monoisotopic (exact) mass is 209 g/mol. The number of nitrogens with zero attached hydrogens (tertiary/aromatic N) is 3. The molecule has 2 aliphatic rings. The summed E-state index contributed by atoms with van der Waals surface area (Å²) in [5.41, 5.74) is 0.984. The second-order valence-corrected chi connectivity index (χ2v) is 4.77. The maximum atomic E-state index is 9.28. The van der Waals surface area contributed by atoms with E-state index in [9.17, 15) is 5.11 Å². The van der Waals surface area contributed by atoms with Gasteiger partial charge in [0.05, 0.1) is 37.5 Å². The van der Waals surface area contributed by atoms with Crippen LogP contribution >= 0.6 is 0 Å². The summed E-state index contributed by atoms with van der Waals surface area (Å²) in [6.45, 7) is 2.12. The van der Waals surface area contributed by atoms with E-state index in [1.807, 2.05) is 10.9 Å².